The Labute approximate surface area is 117 Å². The molecule has 19 heavy (non-hydrogen) atoms. The lowest BCUT2D eigenvalue weighted by atomic mass is 9.80. The summed E-state index contributed by atoms with van der Waals surface area (Å²) in [6.45, 7) is 0. The number of benzene rings is 1. The lowest BCUT2D eigenvalue weighted by Gasteiger charge is -2.31. The molecule has 1 heterocycles. The van der Waals surface area contributed by atoms with Crippen LogP contribution >= 0.6 is 11.3 Å². The van der Waals surface area contributed by atoms with E-state index in [0.29, 0.717) is 5.92 Å². The zero-order valence-corrected chi connectivity index (χ0v) is 11.8. The third-order valence-corrected chi connectivity index (χ3v) is 5.02. The molecule has 3 rings (SSSR count). The minimum Gasteiger partial charge on any atom is -0.312 e. The van der Waals surface area contributed by atoms with Crippen molar-refractivity contribution in [2.45, 2.75) is 31.2 Å². The molecule has 0 saturated carbocycles. The zero-order valence-electron chi connectivity index (χ0n) is 11.0. The molecule has 0 amide bonds. The highest BCUT2D eigenvalue weighted by atomic mass is 32.1. The first-order chi connectivity index (χ1) is 9.29. The minimum atomic E-state index is -0.154. The summed E-state index contributed by atoms with van der Waals surface area (Å²) in [5.41, 5.74) is 2.51. The summed E-state index contributed by atoms with van der Waals surface area (Å²) < 4.78 is 13.4. The molecular weight excluding hydrogens is 257 g/mol. The Morgan fingerprint density at radius 3 is 3.05 bits per heavy atom. The molecule has 1 nitrogen and oxygen atoms in total. The second-order valence-corrected chi connectivity index (χ2v) is 6.12. The van der Waals surface area contributed by atoms with E-state index in [0.717, 1.165) is 5.56 Å². The van der Waals surface area contributed by atoms with Crippen LogP contribution in [0.1, 0.15) is 40.8 Å². The van der Waals surface area contributed by atoms with E-state index in [1.54, 1.807) is 12.1 Å². The number of halogens is 1. The Hall–Kier alpha value is -1.19. The van der Waals surface area contributed by atoms with Gasteiger partial charge in [0.15, 0.2) is 0 Å². The van der Waals surface area contributed by atoms with E-state index >= 15 is 0 Å². The maximum atomic E-state index is 13.4. The van der Waals surface area contributed by atoms with Crippen molar-refractivity contribution in [2.24, 2.45) is 0 Å². The number of hydrogen-bond donors (Lipinski definition) is 1. The van der Waals surface area contributed by atoms with Gasteiger partial charge in [0.1, 0.15) is 5.82 Å². The molecule has 0 spiro atoms. The monoisotopic (exact) mass is 275 g/mol. The van der Waals surface area contributed by atoms with Crippen LogP contribution < -0.4 is 5.32 Å². The number of rotatable bonds is 3. The van der Waals surface area contributed by atoms with Crippen LogP contribution in [0.3, 0.4) is 0 Å². The van der Waals surface area contributed by atoms with Gasteiger partial charge in [0.25, 0.3) is 0 Å². The molecule has 0 fully saturated rings. The smallest absolute Gasteiger partial charge is 0.123 e. The van der Waals surface area contributed by atoms with E-state index in [1.807, 2.05) is 24.5 Å². The second-order valence-electron chi connectivity index (χ2n) is 5.12. The van der Waals surface area contributed by atoms with E-state index < -0.39 is 0 Å². The zero-order chi connectivity index (χ0) is 13.2. The summed E-state index contributed by atoms with van der Waals surface area (Å²) in [6.07, 6.45) is 3.60. The van der Waals surface area contributed by atoms with Crippen LogP contribution in [0.15, 0.2) is 35.7 Å². The fourth-order valence-corrected chi connectivity index (χ4v) is 4.17. The number of fused-ring (bicyclic) bond motifs is 1. The molecule has 2 atom stereocenters. The molecule has 1 aromatic carbocycles. The van der Waals surface area contributed by atoms with Gasteiger partial charge in [-0.15, -0.1) is 11.3 Å². The van der Waals surface area contributed by atoms with Gasteiger partial charge in [0.2, 0.25) is 0 Å². The topological polar surface area (TPSA) is 12.0 Å². The molecule has 1 aromatic heterocycles. The number of aryl methyl sites for hydroxylation is 1. The molecule has 0 saturated heterocycles. The molecule has 3 heteroatoms. The maximum absolute atomic E-state index is 13.4. The molecule has 0 radical (unpaired) electrons. The average Bonchev–Trinajstić information content (AvgIpc) is 2.89. The Morgan fingerprint density at radius 1 is 1.37 bits per heavy atom. The first-order valence-corrected chi connectivity index (χ1v) is 7.66. The van der Waals surface area contributed by atoms with Crippen molar-refractivity contribution in [3.05, 3.63) is 57.5 Å². The standard InChI is InChI=1S/C16H18FNS/c1-18-16(11-4-2-5-12(17)10-11)14-6-3-7-15-13(14)8-9-19-15/h2,4-5,8-10,14,16,18H,3,6-7H2,1H3. The fraction of sp³-hybridized carbons (Fsp3) is 0.375. The Balaban J connectivity index is 1.96. The summed E-state index contributed by atoms with van der Waals surface area (Å²) in [7, 11) is 1.97. The van der Waals surface area contributed by atoms with Gasteiger partial charge in [-0.05, 0) is 61.0 Å². The summed E-state index contributed by atoms with van der Waals surface area (Å²) in [4.78, 5) is 1.51. The van der Waals surface area contributed by atoms with Crippen molar-refractivity contribution >= 4 is 11.3 Å². The van der Waals surface area contributed by atoms with Crippen LogP contribution in [-0.2, 0) is 6.42 Å². The molecule has 0 bridgehead atoms. The first-order valence-electron chi connectivity index (χ1n) is 6.78. The van der Waals surface area contributed by atoms with Gasteiger partial charge < -0.3 is 5.32 Å². The van der Waals surface area contributed by atoms with Crippen molar-refractivity contribution < 1.29 is 4.39 Å². The van der Waals surface area contributed by atoms with Crippen LogP contribution in [0.2, 0.25) is 0 Å². The summed E-state index contributed by atoms with van der Waals surface area (Å²) in [5, 5.41) is 5.57. The van der Waals surface area contributed by atoms with Crippen LogP contribution in [0.4, 0.5) is 4.39 Å². The van der Waals surface area contributed by atoms with Gasteiger partial charge >= 0.3 is 0 Å². The molecule has 100 valence electrons. The third-order valence-electron chi connectivity index (χ3n) is 4.02. The highest BCUT2D eigenvalue weighted by Gasteiger charge is 2.28. The van der Waals surface area contributed by atoms with E-state index in [1.165, 1.54) is 35.8 Å². The molecule has 1 aliphatic carbocycles. The van der Waals surface area contributed by atoms with Gasteiger partial charge in [0, 0.05) is 16.8 Å². The van der Waals surface area contributed by atoms with Crippen LogP contribution in [0.25, 0.3) is 0 Å². The highest BCUT2D eigenvalue weighted by molar-refractivity contribution is 7.10. The van der Waals surface area contributed by atoms with Gasteiger partial charge in [-0.25, -0.2) is 4.39 Å². The van der Waals surface area contributed by atoms with Crippen LogP contribution in [0.5, 0.6) is 0 Å². The minimum absolute atomic E-state index is 0.154. The molecular formula is C16H18FNS. The molecule has 2 unspecified atom stereocenters. The highest BCUT2D eigenvalue weighted by Crippen LogP contribution is 2.42. The summed E-state index contributed by atoms with van der Waals surface area (Å²) >= 11 is 1.85. The van der Waals surface area contributed by atoms with Gasteiger partial charge in [0.05, 0.1) is 0 Å². The molecule has 0 aliphatic heterocycles. The number of hydrogen-bond acceptors (Lipinski definition) is 2. The molecule has 1 N–H and O–H groups in total. The quantitative estimate of drug-likeness (QED) is 0.882. The van der Waals surface area contributed by atoms with Gasteiger partial charge in [-0.3, -0.25) is 0 Å². The normalized spacial score (nSPS) is 20.0. The number of nitrogens with one attached hydrogen (secondary N) is 1. The van der Waals surface area contributed by atoms with E-state index in [-0.39, 0.29) is 11.9 Å². The first kappa shape index (κ1) is 12.8. The predicted molar refractivity (Wildman–Crippen MR) is 78.2 cm³/mol. The van der Waals surface area contributed by atoms with Crippen LogP contribution in [0, 0.1) is 5.82 Å². The van der Waals surface area contributed by atoms with Gasteiger partial charge in [-0.2, -0.15) is 0 Å². The van der Waals surface area contributed by atoms with E-state index in [9.17, 15) is 4.39 Å². The van der Waals surface area contributed by atoms with E-state index in [4.69, 9.17) is 0 Å². The Kier molecular flexibility index (Phi) is 3.67. The van der Waals surface area contributed by atoms with Crippen molar-refractivity contribution in [2.75, 3.05) is 7.05 Å². The van der Waals surface area contributed by atoms with Crippen molar-refractivity contribution in [1.82, 2.24) is 5.32 Å². The maximum Gasteiger partial charge on any atom is 0.123 e. The van der Waals surface area contributed by atoms with Crippen LogP contribution in [-0.4, -0.2) is 7.05 Å². The van der Waals surface area contributed by atoms with Crippen molar-refractivity contribution in [3.63, 3.8) is 0 Å². The van der Waals surface area contributed by atoms with Crippen molar-refractivity contribution in [1.29, 1.82) is 0 Å². The SMILES string of the molecule is CNC(c1cccc(F)c1)C1CCCc2sccc21. The lowest BCUT2D eigenvalue weighted by molar-refractivity contribution is 0.426. The Bertz CT molecular complexity index is 563. The van der Waals surface area contributed by atoms with Crippen molar-refractivity contribution in [3.8, 4) is 0 Å². The lowest BCUT2D eigenvalue weighted by Crippen LogP contribution is -2.26. The fourth-order valence-electron chi connectivity index (χ4n) is 3.17. The number of likely N-dealkylation sites (N-methyl/N-ethyl adjacent to an activating group) is 1. The van der Waals surface area contributed by atoms with E-state index in [2.05, 4.69) is 16.8 Å². The molecule has 1 aliphatic rings. The summed E-state index contributed by atoms with van der Waals surface area (Å²) in [5.74, 6) is 0.306. The second kappa shape index (κ2) is 5.43. The number of thiophene rings is 1. The largest absolute Gasteiger partial charge is 0.312 e. The third kappa shape index (κ3) is 2.45. The predicted octanol–water partition coefficient (Wildman–Crippen LogP) is 4.27. The average molecular weight is 275 g/mol. The Morgan fingerprint density at radius 2 is 2.26 bits per heavy atom. The summed E-state index contributed by atoms with van der Waals surface area (Å²) in [6, 6.07) is 9.42. The molecule has 2 aromatic rings. The van der Waals surface area contributed by atoms with Gasteiger partial charge in [-0.1, -0.05) is 12.1 Å².